The molecule has 1 aliphatic rings. The van der Waals surface area contributed by atoms with Gasteiger partial charge in [-0.05, 0) is 25.5 Å². The molecule has 2 atom stereocenters. The zero-order chi connectivity index (χ0) is 11.3. The van der Waals surface area contributed by atoms with Crippen LogP contribution in [0.5, 0.6) is 0 Å². The first-order valence-corrected chi connectivity index (χ1v) is 6.46. The molecule has 0 saturated carbocycles. The number of amides is 1. The highest BCUT2D eigenvalue weighted by Crippen LogP contribution is 2.26. The summed E-state index contributed by atoms with van der Waals surface area (Å²) in [5.74, 6) is 1.22. The van der Waals surface area contributed by atoms with Crippen LogP contribution in [0.1, 0.15) is 26.2 Å². The number of hydrogen-bond acceptors (Lipinski definition) is 3. The van der Waals surface area contributed by atoms with Crippen molar-refractivity contribution in [1.82, 2.24) is 4.90 Å². The Morgan fingerprint density at radius 1 is 1.67 bits per heavy atom. The van der Waals surface area contributed by atoms with Gasteiger partial charge in [0, 0.05) is 13.6 Å². The largest absolute Gasteiger partial charge is 0.343 e. The van der Waals surface area contributed by atoms with Crippen molar-refractivity contribution in [1.29, 1.82) is 5.26 Å². The first-order valence-electron chi connectivity index (χ1n) is 5.41. The summed E-state index contributed by atoms with van der Waals surface area (Å²) in [5.41, 5.74) is 0. The number of carbonyl (C=O) groups is 1. The van der Waals surface area contributed by atoms with Gasteiger partial charge in [-0.3, -0.25) is 4.79 Å². The van der Waals surface area contributed by atoms with E-state index in [4.69, 9.17) is 5.26 Å². The number of thioether (sulfide) groups is 1. The zero-order valence-corrected chi connectivity index (χ0v) is 10.2. The SMILES string of the molecule is CC(C#N)CN(C)C(=O)C1CCCCS1. The van der Waals surface area contributed by atoms with Crippen LogP contribution in [0.25, 0.3) is 0 Å². The van der Waals surface area contributed by atoms with Crippen LogP contribution in [0.2, 0.25) is 0 Å². The highest BCUT2D eigenvalue weighted by Gasteiger charge is 2.25. The molecule has 15 heavy (non-hydrogen) atoms. The maximum atomic E-state index is 11.9. The van der Waals surface area contributed by atoms with Crippen LogP contribution in [0, 0.1) is 17.2 Å². The maximum absolute atomic E-state index is 11.9. The van der Waals surface area contributed by atoms with Gasteiger partial charge in [0.25, 0.3) is 0 Å². The minimum Gasteiger partial charge on any atom is -0.343 e. The van der Waals surface area contributed by atoms with E-state index in [9.17, 15) is 4.79 Å². The van der Waals surface area contributed by atoms with Gasteiger partial charge < -0.3 is 4.90 Å². The molecular formula is C11H18N2OS. The van der Waals surface area contributed by atoms with Crippen molar-refractivity contribution < 1.29 is 4.79 Å². The molecular weight excluding hydrogens is 208 g/mol. The van der Waals surface area contributed by atoms with Gasteiger partial charge in [-0.25, -0.2) is 0 Å². The summed E-state index contributed by atoms with van der Waals surface area (Å²) in [6, 6.07) is 2.15. The van der Waals surface area contributed by atoms with Crippen LogP contribution in [0.3, 0.4) is 0 Å². The fourth-order valence-corrected chi connectivity index (χ4v) is 3.03. The second-order valence-electron chi connectivity index (χ2n) is 4.10. The fourth-order valence-electron chi connectivity index (χ4n) is 1.72. The smallest absolute Gasteiger partial charge is 0.235 e. The standard InChI is InChI=1S/C11H18N2OS/c1-9(7-12)8-13(2)11(14)10-5-3-4-6-15-10/h9-10H,3-6,8H2,1-2H3. The third-order valence-corrected chi connectivity index (χ3v) is 3.96. The van der Waals surface area contributed by atoms with E-state index in [2.05, 4.69) is 6.07 Å². The molecule has 0 aliphatic carbocycles. The number of nitrogens with zero attached hydrogens (tertiary/aromatic N) is 2. The summed E-state index contributed by atoms with van der Waals surface area (Å²) >= 11 is 1.76. The Morgan fingerprint density at radius 2 is 2.40 bits per heavy atom. The zero-order valence-electron chi connectivity index (χ0n) is 9.40. The van der Waals surface area contributed by atoms with Gasteiger partial charge in [-0.2, -0.15) is 5.26 Å². The van der Waals surface area contributed by atoms with Gasteiger partial charge in [0.15, 0.2) is 0 Å². The molecule has 1 fully saturated rings. The van der Waals surface area contributed by atoms with Crippen molar-refractivity contribution in [2.45, 2.75) is 31.4 Å². The molecule has 0 radical (unpaired) electrons. The predicted molar refractivity (Wildman–Crippen MR) is 62.5 cm³/mol. The normalized spacial score (nSPS) is 22.9. The Morgan fingerprint density at radius 3 is 2.93 bits per heavy atom. The highest BCUT2D eigenvalue weighted by molar-refractivity contribution is 8.00. The number of hydrogen-bond donors (Lipinski definition) is 0. The lowest BCUT2D eigenvalue weighted by atomic mass is 10.1. The Labute approximate surface area is 95.8 Å². The molecule has 2 unspecified atom stereocenters. The summed E-state index contributed by atoms with van der Waals surface area (Å²) < 4.78 is 0. The lowest BCUT2D eigenvalue weighted by molar-refractivity contribution is -0.129. The average Bonchev–Trinajstić information content (AvgIpc) is 2.29. The van der Waals surface area contributed by atoms with Crippen LogP contribution in [-0.4, -0.2) is 35.4 Å². The molecule has 0 aromatic carbocycles. The van der Waals surface area contributed by atoms with E-state index in [0.717, 1.165) is 18.6 Å². The molecule has 1 amide bonds. The first-order chi connectivity index (χ1) is 7.15. The van der Waals surface area contributed by atoms with Gasteiger partial charge in [-0.15, -0.1) is 11.8 Å². The highest BCUT2D eigenvalue weighted by atomic mass is 32.2. The van der Waals surface area contributed by atoms with E-state index in [1.807, 2.05) is 6.92 Å². The fraction of sp³-hybridized carbons (Fsp3) is 0.818. The molecule has 84 valence electrons. The lowest BCUT2D eigenvalue weighted by Gasteiger charge is -2.26. The second kappa shape index (κ2) is 6.02. The van der Waals surface area contributed by atoms with Gasteiger partial charge in [-0.1, -0.05) is 6.42 Å². The Balaban J connectivity index is 2.41. The average molecular weight is 226 g/mol. The molecule has 1 aliphatic heterocycles. The van der Waals surface area contributed by atoms with Crippen molar-refractivity contribution >= 4 is 17.7 Å². The summed E-state index contributed by atoms with van der Waals surface area (Å²) in [5, 5.41) is 8.82. The molecule has 0 spiro atoms. The molecule has 1 rings (SSSR count). The van der Waals surface area contributed by atoms with Crippen LogP contribution in [0.15, 0.2) is 0 Å². The topological polar surface area (TPSA) is 44.1 Å². The van der Waals surface area contributed by atoms with Gasteiger partial charge in [0.2, 0.25) is 5.91 Å². The maximum Gasteiger partial charge on any atom is 0.235 e. The third-order valence-electron chi connectivity index (χ3n) is 2.60. The number of nitriles is 1. The minimum absolute atomic E-state index is 0.0764. The Hall–Kier alpha value is -0.690. The second-order valence-corrected chi connectivity index (χ2v) is 5.41. The van der Waals surface area contributed by atoms with Crippen molar-refractivity contribution in [2.24, 2.45) is 5.92 Å². The molecule has 0 aromatic rings. The molecule has 1 saturated heterocycles. The molecule has 4 heteroatoms. The van der Waals surface area contributed by atoms with E-state index < -0.39 is 0 Å². The van der Waals surface area contributed by atoms with E-state index in [0.29, 0.717) is 6.54 Å². The van der Waals surface area contributed by atoms with Crippen LogP contribution in [-0.2, 0) is 4.79 Å². The number of carbonyl (C=O) groups excluding carboxylic acids is 1. The summed E-state index contributed by atoms with van der Waals surface area (Å²) in [4.78, 5) is 13.7. The van der Waals surface area contributed by atoms with E-state index in [1.54, 1.807) is 23.7 Å². The van der Waals surface area contributed by atoms with Crippen molar-refractivity contribution in [3.63, 3.8) is 0 Å². The van der Waals surface area contributed by atoms with E-state index in [1.165, 1.54) is 6.42 Å². The summed E-state index contributed by atoms with van der Waals surface area (Å²) in [6.07, 6.45) is 3.38. The molecule has 0 N–H and O–H groups in total. The van der Waals surface area contributed by atoms with Crippen molar-refractivity contribution in [2.75, 3.05) is 19.3 Å². The van der Waals surface area contributed by atoms with Gasteiger partial charge >= 0.3 is 0 Å². The predicted octanol–water partition coefficient (Wildman–Crippen LogP) is 1.89. The van der Waals surface area contributed by atoms with Crippen molar-refractivity contribution in [3.05, 3.63) is 0 Å². The van der Waals surface area contributed by atoms with Crippen LogP contribution >= 0.6 is 11.8 Å². The third kappa shape index (κ3) is 3.75. The monoisotopic (exact) mass is 226 g/mol. The van der Waals surface area contributed by atoms with Crippen LogP contribution < -0.4 is 0 Å². The molecule has 0 aromatic heterocycles. The molecule has 0 bridgehead atoms. The molecule has 1 heterocycles. The van der Waals surface area contributed by atoms with E-state index in [-0.39, 0.29) is 17.1 Å². The lowest BCUT2D eigenvalue weighted by Crippen LogP contribution is -2.38. The van der Waals surface area contributed by atoms with Crippen LogP contribution in [0.4, 0.5) is 0 Å². The van der Waals surface area contributed by atoms with Gasteiger partial charge in [0.1, 0.15) is 0 Å². The minimum atomic E-state index is -0.0764. The molecule has 3 nitrogen and oxygen atoms in total. The quantitative estimate of drug-likeness (QED) is 0.738. The summed E-state index contributed by atoms with van der Waals surface area (Å²) in [7, 11) is 1.80. The van der Waals surface area contributed by atoms with Gasteiger partial charge in [0.05, 0.1) is 17.2 Å². The van der Waals surface area contributed by atoms with Crippen molar-refractivity contribution in [3.8, 4) is 6.07 Å². The Kier molecular flexibility index (Phi) is 4.97. The summed E-state index contributed by atoms with van der Waals surface area (Å²) in [6.45, 7) is 2.39. The first kappa shape index (κ1) is 12.4. The van der Waals surface area contributed by atoms with E-state index >= 15 is 0 Å². The Bertz CT molecular complexity index is 256. The number of rotatable bonds is 3.